The lowest BCUT2D eigenvalue weighted by atomic mass is 9.86. The monoisotopic (exact) mass is 256 g/mol. The van der Waals surface area contributed by atoms with Crippen LogP contribution in [0.1, 0.15) is 49.3 Å². The third-order valence-corrected chi connectivity index (χ3v) is 4.54. The number of phenolic OH excluding ortho intramolecular Hbond substituents is 1. The quantitative estimate of drug-likeness (QED) is 0.855. The predicted octanol–water partition coefficient (Wildman–Crippen LogP) is 3.05. The minimum atomic E-state index is 0.155. The van der Waals surface area contributed by atoms with E-state index in [1.807, 2.05) is 12.1 Å². The van der Waals surface area contributed by atoms with E-state index in [1.54, 1.807) is 6.07 Å². The number of benzene rings is 1. The van der Waals surface area contributed by atoms with Gasteiger partial charge in [-0.15, -0.1) is 0 Å². The minimum Gasteiger partial charge on any atom is -0.508 e. The van der Waals surface area contributed by atoms with E-state index < -0.39 is 0 Å². The molecular formula is C16H20N2O. The first kappa shape index (κ1) is 12.5. The molecule has 0 heterocycles. The SMILES string of the molecule is N#CC1CCCC1NC1CCCc2ccc(O)cc21. The fourth-order valence-electron chi connectivity index (χ4n) is 3.53. The third kappa shape index (κ3) is 2.46. The van der Waals surface area contributed by atoms with Crippen LogP contribution in [-0.2, 0) is 6.42 Å². The highest BCUT2D eigenvalue weighted by molar-refractivity contribution is 5.38. The van der Waals surface area contributed by atoms with Gasteiger partial charge in [0.1, 0.15) is 5.75 Å². The molecule has 0 aromatic heterocycles. The fourth-order valence-corrected chi connectivity index (χ4v) is 3.53. The van der Waals surface area contributed by atoms with Gasteiger partial charge in [0.25, 0.3) is 0 Å². The number of aryl methyl sites for hydroxylation is 1. The van der Waals surface area contributed by atoms with Gasteiger partial charge in [-0.25, -0.2) is 0 Å². The van der Waals surface area contributed by atoms with Crippen LogP contribution in [-0.4, -0.2) is 11.1 Å². The molecule has 3 atom stereocenters. The molecule has 2 N–H and O–H groups in total. The molecule has 0 radical (unpaired) electrons. The van der Waals surface area contributed by atoms with Crippen molar-refractivity contribution < 1.29 is 5.11 Å². The first-order valence-corrected chi connectivity index (χ1v) is 7.25. The van der Waals surface area contributed by atoms with Gasteiger partial charge in [0.15, 0.2) is 0 Å². The molecule has 1 aromatic rings. The Hall–Kier alpha value is -1.53. The number of aromatic hydroxyl groups is 1. The van der Waals surface area contributed by atoms with E-state index in [2.05, 4.69) is 11.4 Å². The molecule has 3 nitrogen and oxygen atoms in total. The highest BCUT2D eigenvalue weighted by Gasteiger charge is 2.30. The van der Waals surface area contributed by atoms with Gasteiger partial charge in [-0.1, -0.05) is 12.5 Å². The summed E-state index contributed by atoms with van der Waals surface area (Å²) in [7, 11) is 0. The average Bonchev–Trinajstić information content (AvgIpc) is 2.87. The molecule has 3 heteroatoms. The van der Waals surface area contributed by atoms with Crippen molar-refractivity contribution in [3.8, 4) is 11.8 Å². The number of nitrogens with zero attached hydrogens (tertiary/aromatic N) is 1. The van der Waals surface area contributed by atoms with Crippen LogP contribution in [0.15, 0.2) is 18.2 Å². The van der Waals surface area contributed by atoms with E-state index in [9.17, 15) is 10.4 Å². The van der Waals surface area contributed by atoms with Crippen molar-refractivity contribution in [1.29, 1.82) is 5.26 Å². The van der Waals surface area contributed by atoms with E-state index in [1.165, 1.54) is 17.5 Å². The number of rotatable bonds is 2. The second kappa shape index (κ2) is 5.22. The Bertz CT molecular complexity index is 506. The number of phenols is 1. The number of fused-ring (bicyclic) bond motifs is 1. The summed E-state index contributed by atoms with van der Waals surface area (Å²) in [5.74, 6) is 0.499. The van der Waals surface area contributed by atoms with Crippen LogP contribution in [0.2, 0.25) is 0 Å². The Labute approximate surface area is 114 Å². The van der Waals surface area contributed by atoms with Crippen LogP contribution < -0.4 is 5.32 Å². The predicted molar refractivity (Wildman–Crippen MR) is 73.7 cm³/mol. The molecule has 0 saturated heterocycles. The Morgan fingerprint density at radius 2 is 2.11 bits per heavy atom. The van der Waals surface area contributed by atoms with E-state index in [0.717, 1.165) is 32.1 Å². The lowest BCUT2D eigenvalue weighted by molar-refractivity contribution is 0.368. The molecule has 19 heavy (non-hydrogen) atoms. The van der Waals surface area contributed by atoms with E-state index >= 15 is 0 Å². The zero-order valence-corrected chi connectivity index (χ0v) is 11.1. The molecule has 1 aromatic carbocycles. The summed E-state index contributed by atoms with van der Waals surface area (Å²) in [5.41, 5.74) is 2.57. The normalized spacial score (nSPS) is 29.7. The van der Waals surface area contributed by atoms with Gasteiger partial charge < -0.3 is 10.4 Å². The fraction of sp³-hybridized carbons (Fsp3) is 0.562. The van der Waals surface area contributed by atoms with E-state index in [0.29, 0.717) is 17.8 Å². The topological polar surface area (TPSA) is 56.0 Å². The lowest BCUT2D eigenvalue weighted by Gasteiger charge is -2.30. The summed E-state index contributed by atoms with van der Waals surface area (Å²) in [5, 5.41) is 22.5. The van der Waals surface area contributed by atoms with Crippen LogP contribution in [0, 0.1) is 17.2 Å². The highest BCUT2D eigenvalue weighted by Crippen LogP contribution is 2.35. The second-order valence-electron chi connectivity index (χ2n) is 5.77. The molecule has 0 amide bonds. The number of nitriles is 1. The van der Waals surface area contributed by atoms with Crippen LogP contribution in [0.25, 0.3) is 0 Å². The van der Waals surface area contributed by atoms with Crippen LogP contribution in [0.4, 0.5) is 0 Å². The van der Waals surface area contributed by atoms with Gasteiger partial charge in [0, 0.05) is 12.1 Å². The Kier molecular flexibility index (Phi) is 3.44. The van der Waals surface area contributed by atoms with Crippen molar-refractivity contribution in [3.63, 3.8) is 0 Å². The number of nitrogens with one attached hydrogen (secondary N) is 1. The molecule has 100 valence electrons. The highest BCUT2D eigenvalue weighted by atomic mass is 16.3. The maximum Gasteiger partial charge on any atom is 0.115 e. The molecule has 0 aliphatic heterocycles. The van der Waals surface area contributed by atoms with Gasteiger partial charge in [0.05, 0.1) is 12.0 Å². The summed E-state index contributed by atoms with van der Waals surface area (Å²) in [4.78, 5) is 0. The Morgan fingerprint density at radius 1 is 1.21 bits per heavy atom. The van der Waals surface area contributed by atoms with Crippen LogP contribution in [0.5, 0.6) is 5.75 Å². The standard InChI is InChI=1S/C16H20N2O/c17-10-12-4-2-5-15(12)18-16-6-1-3-11-7-8-13(19)9-14(11)16/h7-9,12,15-16,18-19H,1-6H2. The lowest BCUT2D eigenvalue weighted by Crippen LogP contribution is -2.36. The molecular weight excluding hydrogens is 236 g/mol. The molecule has 1 saturated carbocycles. The van der Waals surface area contributed by atoms with Gasteiger partial charge >= 0.3 is 0 Å². The van der Waals surface area contributed by atoms with Gasteiger partial charge in [0.2, 0.25) is 0 Å². The summed E-state index contributed by atoms with van der Waals surface area (Å²) >= 11 is 0. The summed E-state index contributed by atoms with van der Waals surface area (Å²) < 4.78 is 0. The molecule has 3 unspecified atom stereocenters. The molecule has 2 aliphatic carbocycles. The zero-order valence-electron chi connectivity index (χ0n) is 11.1. The van der Waals surface area contributed by atoms with Crippen molar-refractivity contribution in [2.45, 2.75) is 50.6 Å². The van der Waals surface area contributed by atoms with Crippen LogP contribution >= 0.6 is 0 Å². The zero-order chi connectivity index (χ0) is 13.2. The molecule has 0 bridgehead atoms. The summed E-state index contributed by atoms with van der Waals surface area (Å²) in [6.07, 6.45) is 6.65. The van der Waals surface area contributed by atoms with Crippen molar-refractivity contribution in [2.24, 2.45) is 5.92 Å². The number of hydrogen-bond donors (Lipinski definition) is 2. The molecule has 0 spiro atoms. The van der Waals surface area contributed by atoms with Crippen LogP contribution in [0.3, 0.4) is 0 Å². The second-order valence-corrected chi connectivity index (χ2v) is 5.77. The summed E-state index contributed by atoms with van der Waals surface area (Å²) in [6, 6.07) is 8.75. The number of hydrogen-bond acceptors (Lipinski definition) is 3. The molecule has 1 fully saturated rings. The molecule has 2 aliphatic rings. The minimum absolute atomic E-state index is 0.155. The average molecular weight is 256 g/mol. The van der Waals surface area contributed by atoms with Crippen molar-refractivity contribution in [2.75, 3.05) is 0 Å². The van der Waals surface area contributed by atoms with E-state index in [4.69, 9.17) is 0 Å². The van der Waals surface area contributed by atoms with Gasteiger partial charge in [-0.3, -0.25) is 0 Å². The van der Waals surface area contributed by atoms with Gasteiger partial charge in [-0.2, -0.15) is 5.26 Å². The van der Waals surface area contributed by atoms with Crippen molar-refractivity contribution in [3.05, 3.63) is 29.3 Å². The largest absolute Gasteiger partial charge is 0.508 e. The Balaban J connectivity index is 1.80. The first-order valence-electron chi connectivity index (χ1n) is 7.25. The third-order valence-electron chi connectivity index (χ3n) is 4.54. The molecule has 3 rings (SSSR count). The van der Waals surface area contributed by atoms with Gasteiger partial charge in [-0.05, 0) is 55.4 Å². The first-order chi connectivity index (χ1) is 9.28. The van der Waals surface area contributed by atoms with E-state index in [-0.39, 0.29) is 5.92 Å². The Morgan fingerprint density at radius 3 is 2.95 bits per heavy atom. The maximum atomic E-state index is 9.68. The summed E-state index contributed by atoms with van der Waals surface area (Å²) in [6.45, 7) is 0. The van der Waals surface area contributed by atoms with Crippen molar-refractivity contribution >= 4 is 0 Å². The van der Waals surface area contributed by atoms with Crippen molar-refractivity contribution in [1.82, 2.24) is 5.32 Å². The maximum absolute atomic E-state index is 9.68. The smallest absolute Gasteiger partial charge is 0.115 e.